The molecule has 112 valence electrons. The minimum atomic E-state index is -3.59. The number of rotatable bonds is 2. The second-order valence-corrected chi connectivity index (χ2v) is 7.35. The number of aliphatic hydroxyl groups is 1. The number of pyridine rings is 1. The molecule has 0 amide bonds. The third kappa shape index (κ3) is 2.64. The van der Waals surface area contributed by atoms with E-state index in [1.165, 1.54) is 10.5 Å². The molecular weight excluding hydrogens is 312 g/mol. The predicted octanol–water partition coefficient (Wildman–Crippen LogP) is 2.03. The van der Waals surface area contributed by atoms with Gasteiger partial charge in [0.2, 0.25) is 10.0 Å². The van der Waals surface area contributed by atoms with Crippen molar-refractivity contribution in [3.63, 3.8) is 0 Å². The van der Waals surface area contributed by atoms with Crippen molar-refractivity contribution in [3.05, 3.63) is 35.6 Å². The Morgan fingerprint density at radius 2 is 1.90 bits per heavy atom. The summed E-state index contributed by atoms with van der Waals surface area (Å²) in [5, 5.41) is 11.0. The second-order valence-electron chi connectivity index (χ2n) is 5.09. The Hall–Kier alpha value is -1.21. The van der Waals surface area contributed by atoms with Crippen LogP contribution in [-0.4, -0.2) is 42.0 Å². The highest BCUT2D eigenvalue weighted by atomic mass is 35.5. The van der Waals surface area contributed by atoms with Gasteiger partial charge in [0.1, 0.15) is 5.15 Å². The molecule has 3 rings (SSSR count). The van der Waals surface area contributed by atoms with Crippen molar-refractivity contribution in [2.24, 2.45) is 0 Å². The molecule has 0 aliphatic carbocycles. The lowest BCUT2D eigenvalue weighted by Gasteiger charge is -2.29. The van der Waals surface area contributed by atoms with Gasteiger partial charge in [-0.05, 0) is 25.0 Å². The van der Waals surface area contributed by atoms with Crippen LogP contribution in [0.4, 0.5) is 0 Å². The molecule has 0 radical (unpaired) electrons. The van der Waals surface area contributed by atoms with E-state index in [-0.39, 0.29) is 4.90 Å². The number of sulfonamides is 1. The van der Waals surface area contributed by atoms with Crippen molar-refractivity contribution in [3.8, 4) is 0 Å². The SMILES string of the molecule is O=S(=O)(c1cccc2c(Cl)nccc12)N1CCC(O)CC1. The van der Waals surface area contributed by atoms with Crippen molar-refractivity contribution >= 4 is 32.4 Å². The molecule has 7 heteroatoms. The Balaban J connectivity index is 2.09. The van der Waals surface area contributed by atoms with Gasteiger partial charge in [-0.15, -0.1) is 0 Å². The molecule has 1 saturated heterocycles. The first-order valence-electron chi connectivity index (χ1n) is 6.71. The number of fused-ring (bicyclic) bond motifs is 1. The van der Waals surface area contributed by atoms with E-state index in [1.54, 1.807) is 24.3 Å². The zero-order valence-corrected chi connectivity index (χ0v) is 12.8. The molecule has 21 heavy (non-hydrogen) atoms. The molecule has 1 aromatic carbocycles. The number of hydrogen-bond acceptors (Lipinski definition) is 4. The van der Waals surface area contributed by atoms with Gasteiger partial charge in [0.25, 0.3) is 0 Å². The quantitative estimate of drug-likeness (QED) is 0.857. The molecule has 1 aromatic heterocycles. The van der Waals surface area contributed by atoms with Gasteiger partial charge in [-0.2, -0.15) is 4.31 Å². The van der Waals surface area contributed by atoms with Gasteiger partial charge in [-0.3, -0.25) is 0 Å². The first kappa shape index (κ1) is 14.7. The Morgan fingerprint density at radius 3 is 2.62 bits per heavy atom. The van der Waals surface area contributed by atoms with Crippen LogP contribution in [0.2, 0.25) is 5.15 Å². The van der Waals surface area contributed by atoms with Crippen LogP contribution < -0.4 is 0 Å². The first-order valence-corrected chi connectivity index (χ1v) is 8.53. The van der Waals surface area contributed by atoms with Crippen molar-refractivity contribution < 1.29 is 13.5 Å². The van der Waals surface area contributed by atoms with Crippen LogP contribution in [0.25, 0.3) is 10.8 Å². The zero-order valence-electron chi connectivity index (χ0n) is 11.2. The summed E-state index contributed by atoms with van der Waals surface area (Å²) in [6.45, 7) is 0.664. The van der Waals surface area contributed by atoms with Gasteiger partial charge in [0, 0.05) is 30.1 Å². The van der Waals surface area contributed by atoms with Gasteiger partial charge in [0.15, 0.2) is 0 Å². The Kier molecular flexibility index (Phi) is 3.88. The molecule has 1 N–H and O–H groups in total. The number of halogens is 1. The van der Waals surface area contributed by atoms with Crippen LogP contribution in [0.15, 0.2) is 35.4 Å². The van der Waals surface area contributed by atoms with Crippen LogP contribution in [0.5, 0.6) is 0 Å². The standard InChI is InChI=1S/C14H15ClN2O3S/c15-14-12-2-1-3-13(11(12)4-7-16-14)21(19,20)17-8-5-10(18)6-9-17/h1-4,7,10,18H,5-6,8-9H2. The number of hydrogen-bond donors (Lipinski definition) is 1. The highest BCUT2D eigenvalue weighted by Crippen LogP contribution is 2.30. The van der Waals surface area contributed by atoms with Gasteiger partial charge in [0.05, 0.1) is 11.0 Å². The van der Waals surface area contributed by atoms with E-state index in [9.17, 15) is 13.5 Å². The average Bonchev–Trinajstić information content (AvgIpc) is 2.47. The zero-order chi connectivity index (χ0) is 15.0. The van der Waals surface area contributed by atoms with Crippen LogP contribution in [0.1, 0.15) is 12.8 Å². The fourth-order valence-electron chi connectivity index (χ4n) is 2.59. The molecule has 0 atom stereocenters. The topological polar surface area (TPSA) is 70.5 Å². The third-order valence-corrected chi connectivity index (χ3v) is 6.02. The molecule has 2 heterocycles. The summed E-state index contributed by atoms with van der Waals surface area (Å²) in [7, 11) is -3.59. The van der Waals surface area contributed by atoms with Crippen LogP contribution >= 0.6 is 11.6 Å². The monoisotopic (exact) mass is 326 g/mol. The average molecular weight is 327 g/mol. The lowest BCUT2D eigenvalue weighted by molar-refractivity contribution is 0.113. The third-order valence-electron chi connectivity index (χ3n) is 3.76. The molecule has 2 aromatic rings. The maximum atomic E-state index is 12.8. The second kappa shape index (κ2) is 5.53. The fraction of sp³-hybridized carbons (Fsp3) is 0.357. The number of aliphatic hydroxyl groups excluding tert-OH is 1. The smallest absolute Gasteiger partial charge is 0.243 e. The predicted molar refractivity (Wildman–Crippen MR) is 80.8 cm³/mol. The molecule has 1 fully saturated rings. The summed E-state index contributed by atoms with van der Waals surface area (Å²) < 4.78 is 27.0. The Morgan fingerprint density at radius 1 is 1.19 bits per heavy atom. The van der Waals surface area contributed by atoms with Crippen molar-refractivity contribution in [1.29, 1.82) is 0 Å². The van der Waals surface area contributed by atoms with Gasteiger partial charge in [-0.1, -0.05) is 23.7 Å². The normalized spacial score (nSPS) is 18.2. The molecule has 0 unspecified atom stereocenters. The summed E-state index contributed by atoms with van der Waals surface area (Å²) in [5.41, 5.74) is 0. The minimum Gasteiger partial charge on any atom is -0.393 e. The maximum Gasteiger partial charge on any atom is 0.243 e. The summed E-state index contributed by atoms with van der Waals surface area (Å²) in [4.78, 5) is 4.21. The lowest BCUT2D eigenvalue weighted by atomic mass is 10.1. The van der Waals surface area contributed by atoms with E-state index in [0.717, 1.165) is 0 Å². The summed E-state index contributed by atoms with van der Waals surface area (Å²) in [6, 6.07) is 6.66. The van der Waals surface area contributed by atoms with Crippen LogP contribution in [0.3, 0.4) is 0 Å². The van der Waals surface area contributed by atoms with E-state index in [0.29, 0.717) is 41.9 Å². The van der Waals surface area contributed by atoms with Crippen molar-refractivity contribution in [2.75, 3.05) is 13.1 Å². The van der Waals surface area contributed by atoms with Gasteiger partial charge >= 0.3 is 0 Å². The van der Waals surface area contributed by atoms with E-state index < -0.39 is 16.1 Å². The Labute approximate surface area is 128 Å². The van der Waals surface area contributed by atoms with E-state index in [1.807, 2.05) is 0 Å². The summed E-state index contributed by atoms with van der Waals surface area (Å²) >= 11 is 6.03. The first-order chi connectivity index (χ1) is 10.00. The minimum absolute atomic E-state index is 0.237. The molecular formula is C14H15ClN2O3S. The summed E-state index contributed by atoms with van der Waals surface area (Å²) in [6.07, 6.45) is 2.02. The molecule has 1 aliphatic rings. The lowest BCUT2D eigenvalue weighted by Crippen LogP contribution is -2.40. The molecule has 0 saturated carbocycles. The fourth-order valence-corrected chi connectivity index (χ4v) is 4.49. The van der Waals surface area contributed by atoms with Gasteiger partial charge < -0.3 is 5.11 Å². The van der Waals surface area contributed by atoms with Crippen molar-refractivity contribution in [1.82, 2.24) is 9.29 Å². The van der Waals surface area contributed by atoms with E-state index in [4.69, 9.17) is 11.6 Å². The van der Waals surface area contributed by atoms with Crippen LogP contribution in [0, 0.1) is 0 Å². The number of piperidine rings is 1. The maximum absolute atomic E-state index is 12.8. The highest BCUT2D eigenvalue weighted by molar-refractivity contribution is 7.89. The molecule has 5 nitrogen and oxygen atoms in total. The van der Waals surface area contributed by atoms with Crippen LogP contribution in [-0.2, 0) is 10.0 Å². The van der Waals surface area contributed by atoms with E-state index in [2.05, 4.69) is 4.98 Å². The number of nitrogens with zero attached hydrogens (tertiary/aromatic N) is 2. The van der Waals surface area contributed by atoms with Gasteiger partial charge in [-0.25, -0.2) is 13.4 Å². The van der Waals surface area contributed by atoms with Crippen molar-refractivity contribution in [2.45, 2.75) is 23.8 Å². The largest absolute Gasteiger partial charge is 0.393 e. The number of benzene rings is 1. The van der Waals surface area contributed by atoms with E-state index >= 15 is 0 Å². The summed E-state index contributed by atoms with van der Waals surface area (Å²) in [5.74, 6) is 0. The number of aromatic nitrogens is 1. The molecule has 1 aliphatic heterocycles. The Bertz CT molecular complexity index is 771. The highest BCUT2D eigenvalue weighted by Gasteiger charge is 2.30. The molecule has 0 spiro atoms. The molecule has 0 bridgehead atoms.